The first-order valence-electron chi connectivity index (χ1n) is 3.27. The molecule has 0 aromatic carbocycles. The molecule has 1 aromatic heterocycles. The van der Waals surface area contributed by atoms with E-state index in [4.69, 9.17) is 5.26 Å². The molecule has 0 bridgehead atoms. The van der Waals surface area contributed by atoms with E-state index in [0.717, 1.165) is 0 Å². The molecule has 1 heterocycles. The molecule has 0 saturated heterocycles. The summed E-state index contributed by atoms with van der Waals surface area (Å²) >= 11 is 0. The van der Waals surface area contributed by atoms with Gasteiger partial charge in [0, 0.05) is 12.4 Å². The van der Waals surface area contributed by atoms with Gasteiger partial charge < -0.3 is 0 Å². The van der Waals surface area contributed by atoms with Gasteiger partial charge in [-0.05, 0) is 6.07 Å². The third-order valence-electron chi connectivity index (χ3n) is 1.06. The van der Waals surface area contributed by atoms with Crippen LogP contribution in [0.3, 0.4) is 0 Å². The van der Waals surface area contributed by atoms with Crippen LogP contribution in [0.2, 0.25) is 0 Å². The van der Waals surface area contributed by atoms with E-state index in [9.17, 15) is 4.79 Å². The lowest BCUT2D eigenvalue weighted by Crippen LogP contribution is -2.12. The highest BCUT2D eigenvalue weighted by Gasteiger charge is 2.00. The molecule has 5 heteroatoms. The molecule has 1 rings (SSSR count). The number of hydrogen-bond acceptors (Lipinski definition) is 4. The van der Waals surface area contributed by atoms with Gasteiger partial charge >= 0.3 is 0 Å². The quantitative estimate of drug-likeness (QED) is 0.679. The van der Waals surface area contributed by atoms with Crippen molar-refractivity contribution in [2.75, 3.05) is 5.32 Å². The Labute approximate surface area is 69.1 Å². The fourth-order valence-electron chi connectivity index (χ4n) is 0.604. The zero-order valence-electron chi connectivity index (χ0n) is 6.19. The molecule has 0 spiro atoms. The predicted octanol–water partition coefficient (Wildman–Crippen LogP) is 0.329. The molecule has 60 valence electrons. The summed E-state index contributed by atoms with van der Waals surface area (Å²) in [6, 6.07) is 3.36. The number of aromatic nitrogens is 2. The van der Waals surface area contributed by atoms with Gasteiger partial charge in [0.25, 0.3) is 0 Å². The number of amides is 1. The molecule has 1 amide bonds. The molecule has 0 atom stereocenters. The average molecular weight is 162 g/mol. The minimum Gasteiger partial charge on any atom is -0.294 e. The van der Waals surface area contributed by atoms with E-state index in [1.807, 2.05) is 0 Å². The SMILES string of the molecule is N#CCC(=O)Nc1ncccn1. The highest BCUT2D eigenvalue weighted by atomic mass is 16.1. The lowest BCUT2D eigenvalue weighted by Gasteiger charge is -1.97. The largest absolute Gasteiger partial charge is 0.294 e. The fourth-order valence-corrected chi connectivity index (χ4v) is 0.604. The highest BCUT2D eigenvalue weighted by Crippen LogP contribution is 1.94. The number of rotatable bonds is 2. The van der Waals surface area contributed by atoms with E-state index in [1.165, 1.54) is 12.4 Å². The maximum Gasteiger partial charge on any atom is 0.240 e. The van der Waals surface area contributed by atoms with E-state index < -0.39 is 5.91 Å². The zero-order valence-corrected chi connectivity index (χ0v) is 6.19. The molecule has 5 nitrogen and oxygen atoms in total. The Hall–Kier alpha value is -1.96. The van der Waals surface area contributed by atoms with Crippen molar-refractivity contribution < 1.29 is 4.79 Å². The normalized spacial score (nSPS) is 8.58. The third kappa shape index (κ3) is 2.34. The van der Waals surface area contributed by atoms with Crippen molar-refractivity contribution in [1.82, 2.24) is 9.97 Å². The van der Waals surface area contributed by atoms with Gasteiger partial charge in [0.15, 0.2) is 0 Å². The first-order valence-corrected chi connectivity index (χ1v) is 3.27. The molecule has 0 aliphatic heterocycles. The van der Waals surface area contributed by atoms with Crippen LogP contribution in [0.25, 0.3) is 0 Å². The summed E-state index contributed by atoms with van der Waals surface area (Å²) in [5.74, 6) is -0.179. The second kappa shape index (κ2) is 4.03. The molecule has 0 radical (unpaired) electrons. The topological polar surface area (TPSA) is 78.7 Å². The van der Waals surface area contributed by atoms with E-state index in [-0.39, 0.29) is 12.4 Å². The van der Waals surface area contributed by atoms with Gasteiger partial charge in [0.05, 0.1) is 6.07 Å². The Morgan fingerprint density at radius 2 is 2.25 bits per heavy atom. The van der Waals surface area contributed by atoms with E-state index >= 15 is 0 Å². The lowest BCUT2D eigenvalue weighted by atomic mass is 10.4. The molecule has 1 aromatic rings. The van der Waals surface area contributed by atoms with Gasteiger partial charge in [-0.15, -0.1) is 0 Å². The zero-order chi connectivity index (χ0) is 8.81. The van der Waals surface area contributed by atoms with Crippen LogP contribution in [0.15, 0.2) is 18.5 Å². The molecule has 12 heavy (non-hydrogen) atoms. The summed E-state index contributed by atoms with van der Waals surface area (Å²) in [7, 11) is 0. The second-order valence-corrected chi connectivity index (χ2v) is 1.96. The number of carbonyl (C=O) groups is 1. The Morgan fingerprint density at radius 1 is 1.58 bits per heavy atom. The van der Waals surface area contributed by atoms with Crippen molar-refractivity contribution >= 4 is 11.9 Å². The van der Waals surface area contributed by atoms with Crippen molar-refractivity contribution in [3.63, 3.8) is 0 Å². The molecular formula is C7H6N4O. The number of carbonyl (C=O) groups excluding carboxylic acids is 1. The highest BCUT2D eigenvalue weighted by molar-refractivity contribution is 5.90. The molecule has 0 aliphatic rings. The monoisotopic (exact) mass is 162 g/mol. The molecule has 0 aliphatic carbocycles. The van der Waals surface area contributed by atoms with Gasteiger partial charge in [0.1, 0.15) is 6.42 Å². The van der Waals surface area contributed by atoms with Crippen molar-refractivity contribution in [3.8, 4) is 6.07 Å². The standard InChI is InChI=1S/C7H6N4O/c8-3-2-6(12)11-7-9-4-1-5-10-7/h1,4-5H,2H2,(H,9,10,11,12). The Kier molecular flexibility index (Phi) is 2.73. The van der Waals surface area contributed by atoms with Crippen LogP contribution in [-0.2, 0) is 4.79 Å². The van der Waals surface area contributed by atoms with Crippen molar-refractivity contribution in [3.05, 3.63) is 18.5 Å². The number of nitrogens with one attached hydrogen (secondary N) is 1. The summed E-state index contributed by atoms with van der Waals surface area (Å²) in [5, 5.41) is 10.5. The maximum atomic E-state index is 10.8. The summed E-state index contributed by atoms with van der Waals surface area (Å²) < 4.78 is 0. The smallest absolute Gasteiger partial charge is 0.240 e. The predicted molar refractivity (Wildman–Crippen MR) is 40.9 cm³/mol. The van der Waals surface area contributed by atoms with E-state index in [1.54, 1.807) is 12.1 Å². The van der Waals surface area contributed by atoms with Crippen LogP contribution in [0.4, 0.5) is 5.95 Å². The number of anilines is 1. The molecule has 0 fully saturated rings. The Morgan fingerprint density at radius 3 is 2.83 bits per heavy atom. The second-order valence-electron chi connectivity index (χ2n) is 1.96. The Bertz CT molecular complexity index is 303. The number of nitrogens with zero attached hydrogens (tertiary/aromatic N) is 3. The first kappa shape index (κ1) is 8.14. The third-order valence-corrected chi connectivity index (χ3v) is 1.06. The van der Waals surface area contributed by atoms with Gasteiger partial charge in [-0.3, -0.25) is 10.1 Å². The van der Waals surface area contributed by atoms with Gasteiger partial charge in [0.2, 0.25) is 11.9 Å². The van der Waals surface area contributed by atoms with E-state index in [2.05, 4.69) is 15.3 Å². The molecule has 0 unspecified atom stereocenters. The summed E-state index contributed by atoms with van der Waals surface area (Å²) in [6.07, 6.45) is 2.84. The first-order chi connectivity index (χ1) is 5.83. The average Bonchev–Trinajstić information content (AvgIpc) is 2.06. The van der Waals surface area contributed by atoms with Crippen LogP contribution < -0.4 is 5.32 Å². The molecular weight excluding hydrogens is 156 g/mol. The fraction of sp³-hybridized carbons (Fsp3) is 0.143. The van der Waals surface area contributed by atoms with Crippen LogP contribution >= 0.6 is 0 Å². The summed E-state index contributed by atoms with van der Waals surface area (Å²) in [4.78, 5) is 18.3. The summed E-state index contributed by atoms with van der Waals surface area (Å²) in [5.41, 5.74) is 0. The lowest BCUT2D eigenvalue weighted by molar-refractivity contribution is -0.115. The maximum absolute atomic E-state index is 10.8. The van der Waals surface area contributed by atoms with E-state index in [0.29, 0.717) is 0 Å². The number of nitriles is 1. The van der Waals surface area contributed by atoms with Crippen LogP contribution in [-0.4, -0.2) is 15.9 Å². The van der Waals surface area contributed by atoms with Crippen LogP contribution in [0.5, 0.6) is 0 Å². The van der Waals surface area contributed by atoms with Gasteiger partial charge in [-0.25, -0.2) is 9.97 Å². The molecule has 0 saturated carbocycles. The van der Waals surface area contributed by atoms with Crippen LogP contribution in [0, 0.1) is 11.3 Å². The van der Waals surface area contributed by atoms with Crippen molar-refractivity contribution in [2.24, 2.45) is 0 Å². The van der Waals surface area contributed by atoms with Crippen LogP contribution in [0.1, 0.15) is 6.42 Å². The van der Waals surface area contributed by atoms with Gasteiger partial charge in [-0.1, -0.05) is 0 Å². The Balaban J connectivity index is 2.54. The van der Waals surface area contributed by atoms with Crippen molar-refractivity contribution in [1.29, 1.82) is 5.26 Å². The summed E-state index contributed by atoms with van der Waals surface area (Å²) in [6.45, 7) is 0. The number of hydrogen-bond donors (Lipinski definition) is 1. The minimum atomic E-state index is -0.399. The van der Waals surface area contributed by atoms with Crippen molar-refractivity contribution in [2.45, 2.75) is 6.42 Å². The molecule has 1 N–H and O–H groups in total. The minimum absolute atomic E-state index is 0.182. The van der Waals surface area contributed by atoms with Gasteiger partial charge in [-0.2, -0.15) is 5.26 Å².